The Morgan fingerprint density at radius 2 is 1.17 bits per heavy atom. The van der Waals surface area contributed by atoms with Crippen LogP contribution < -0.4 is 0 Å². The van der Waals surface area contributed by atoms with Gasteiger partial charge in [0.2, 0.25) is 0 Å². The van der Waals surface area contributed by atoms with Crippen molar-refractivity contribution >= 4 is 36.3 Å². The molecule has 0 saturated heterocycles. The van der Waals surface area contributed by atoms with Crippen LogP contribution in [-0.4, -0.2) is 27.4 Å². The molecule has 0 aliphatic heterocycles. The summed E-state index contributed by atoms with van der Waals surface area (Å²) in [7, 11) is 3.74. The van der Waals surface area contributed by atoms with Gasteiger partial charge in [0.25, 0.3) is 0 Å². The Morgan fingerprint density at radius 3 is 1.17 bits per heavy atom. The molecule has 0 spiro atoms. The fourth-order valence-corrected chi connectivity index (χ4v) is 0. The Kier molecular flexibility index (Phi) is 5.04. The molecular formula is BClF3Sn. The summed E-state index contributed by atoms with van der Waals surface area (Å²) in [4.78, 5) is 0. The summed E-state index contributed by atoms with van der Waals surface area (Å²) in [6.45, 7) is 0. The SMILES string of the molecule is [B].[F][Sn]([F])([F])[Cl]. The van der Waals surface area contributed by atoms with Crippen molar-refractivity contribution in [2.45, 2.75) is 0 Å². The monoisotopic (exact) mass is 223 g/mol. The van der Waals surface area contributed by atoms with E-state index in [0.717, 1.165) is 0 Å². The first-order chi connectivity index (χ1) is 2.00. The second-order valence-corrected chi connectivity index (χ2v) is 5.75. The molecule has 0 aromatic carbocycles. The third-order valence-electron chi connectivity index (χ3n) is 0. The van der Waals surface area contributed by atoms with E-state index in [1.165, 1.54) is 0 Å². The molecule has 0 fully saturated rings. The van der Waals surface area contributed by atoms with Crippen molar-refractivity contribution in [2.75, 3.05) is 0 Å². The van der Waals surface area contributed by atoms with Crippen LogP contribution in [0.2, 0.25) is 0 Å². The van der Waals surface area contributed by atoms with Gasteiger partial charge >= 0.3 is 36.5 Å². The van der Waals surface area contributed by atoms with E-state index in [2.05, 4.69) is 8.92 Å². The first-order valence-corrected chi connectivity index (χ1v) is 7.61. The van der Waals surface area contributed by atoms with Crippen LogP contribution in [-0.2, 0) is 0 Å². The van der Waals surface area contributed by atoms with Gasteiger partial charge < -0.3 is 0 Å². The van der Waals surface area contributed by atoms with Gasteiger partial charge in [-0.3, -0.25) is 0 Å². The molecule has 0 amide bonds. The molecule has 0 N–H and O–H groups in total. The molecule has 6 heavy (non-hydrogen) atoms. The molecule has 0 nitrogen and oxygen atoms in total. The Morgan fingerprint density at radius 1 is 1.17 bits per heavy atom. The predicted molar refractivity (Wildman–Crippen MR) is 20.7 cm³/mol. The zero-order chi connectivity index (χ0) is 4.50. The predicted octanol–water partition coefficient (Wildman–Crippen LogP) is 1.19. The van der Waals surface area contributed by atoms with Gasteiger partial charge in [0.15, 0.2) is 0 Å². The van der Waals surface area contributed by atoms with Gasteiger partial charge in [-0.1, -0.05) is 0 Å². The van der Waals surface area contributed by atoms with Crippen molar-refractivity contribution in [1.29, 1.82) is 0 Å². The third kappa shape index (κ3) is 86.3. The van der Waals surface area contributed by atoms with E-state index < -0.39 is 19.0 Å². The summed E-state index contributed by atoms with van der Waals surface area (Å²) >= 11 is -6.21. The normalized spacial score (nSPS) is 10.0. The van der Waals surface area contributed by atoms with Crippen LogP contribution in [0.25, 0.3) is 0 Å². The zero-order valence-electron chi connectivity index (χ0n) is 2.59. The van der Waals surface area contributed by atoms with Gasteiger partial charge in [-0.15, -0.1) is 0 Å². The van der Waals surface area contributed by atoms with Crippen molar-refractivity contribution in [1.82, 2.24) is 0 Å². The van der Waals surface area contributed by atoms with E-state index in [1.54, 1.807) is 0 Å². The molecule has 0 saturated carbocycles. The van der Waals surface area contributed by atoms with E-state index in [1.807, 2.05) is 0 Å². The number of hydrogen-bond acceptors (Lipinski definition) is 0. The molecule has 6 heteroatoms. The third-order valence-corrected chi connectivity index (χ3v) is 0. The van der Waals surface area contributed by atoms with Gasteiger partial charge in [-0.2, -0.15) is 0 Å². The van der Waals surface area contributed by atoms with Crippen LogP contribution in [0, 0.1) is 0 Å². The molecule has 0 aliphatic rings. The number of halogens is 4. The van der Waals surface area contributed by atoms with Crippen molar-refractivity contribution in [3.05, 3.63) is 0 Å². The van der Waals surface area contributed by atoms with Crippen LogP contribution in [0.5, 0.6) is 0 Å². The summed E-state index contributed by atoms with van der Waals surface area (Å²) in [6.07, 6.45) is 0. The molecule has 0 bridgehead atoms. The number of hydrogen-bond donors (Lipinski definition) is 0. The van der Waals surface area contributed by atoms with Crippen LogP contribution in [0.15, 0.2) is 0 Å². The Hall–Kier alpha value is 0.944. The average molecular weight is 222 g/mol. The maximum atomic E-state index is 10.3. The molecule has 0 unspecified atom stereocenters. The van der Waals surface area contributed by atoms with Gasteiger partial charge in [0.05, 0.1) is 0 Å². The molecule has 0 aromatic rings. The minimum atomic E-state index is -6.21. The van der Waals surface area contributed by atoms with Gasteiger partial charge in [0.1, 0.15) is 0 Å². The maximum absolute atomic E-state index is 10.3. The van der Waals surface area contributed by atoms with Gasteiger partial charge in [-0.25, -0.2) is 0 Å². The van der Waals surface area contributed by atoms with E-state index in [4.69, 9.17) is 0 Å². The molecule has 0 aliphatic carbocycles. The quantitative estimate of drug-likeness (QED) is 0.540. The summed E-state index contributed by atoms with van der Waals surface area (Å²) in [5.41, 5.74) is 0. The van der Waals surface area contributed by atoms with Crippen molar-refractivity contribution in [3.63, 3.8) is 0 Å². The summed E-state index contributed by atoms with van der Waals surface area (Å²) in [5.74, 6) is 0. The second-order valence-electron chi connectivity index (χ2n) is 0.429. The fourth-order valence-electron chi connectivity index (χ4n) is 0. The van der Waals surface area contributed by atoms with Crippen LogP contribution in [0.1, 0.15) is 0 Å². The molecule has 0 rings (SSSR count). The van der Waals surface area contributed by atoms with Crippen molar-refractivity contribution in [3.8, 4) is 0 Å². The Bertz CT molecular complexity index is 26.3. The van der Waals surface area contributed by atoms with Gasteiger partial charge in [-0.05, 0) is 0 Å². The molecule has 0 heterocycles. The van der Waals surface area contributed by atoms with Crippen LogP contribution in [0.3, 0.4) is 0 Å². The van der Waals surface area contributed by atoms with Gasteiger partial charge in [0, 0.05) is 8.41 Å². The molecular weight excluding hydrogens is 222 g/mol. The van der Waals surface area contributed by atoms with Crippen molar-refractivity contribution < 1.29 is 8.60 Å². The second kappa shape index (κ2) is 3.01. The van der Waals surface area contributed by atoms with E-state index in [0.29, 0.717) is 0 Å². The van der Waals surface area contributed by atoms with Crippen LogP contribution >= 0.6 is 8.92 Å². The number of rotatable bonds is 0. The summed E-state index contributed by atoms with van der Waals surface area (Å²) in [6, 6.07) is 0. The minimum absolute atomic E-state index is 0. The first-order valence-electron chi connectivity index (χ1n) is 0.756. The van der Waals surface area contributed by atoms with E-state index in [-0.39, 0.29) is 8.41 Å². The Balaban J connectivity index is 0. The Labute approximate surface area is 45.2 Å². The first kappa shape index (κ1) is 10.0. The molecule has 0 aromatic heterocycles. The van der Waals surface area contributed by atoms with Crippen LogP contribution in [0.4, 0.5) is 8.60 Å². The zero-order valence-corrected chi connectivity index (χ0v) is 6.20. The summed E-state index contributed by atoms with van der Waals surface area (Å²) in [5, 5.41) is 0. The molecule has 35 valence electrons. The van der Waals surface area contributed by atoms with E-state index in [9.17, 15) is 8.60 Å². The molecule has 3 radical (unpaired) electrons. The average Bonchev–Trinajstić information content (AvgIpc) is 0.722. The van der Waals surface area contributed by atoms with E-state index >= 15 is 0 Å². The fraction of sp³-hybridized carbons (Fsp3) is 0. The summed E-state index contributed by atoms with van der Waals surface area (Å²) < 4.78 is 31.0. The van der Waals surface area contributed by atoms with Crippen molar-refractivity contribution in [2.24, 2.45) is 0 Å². The standard InChI is InChI=1S/B.ClH.3FH.Sn/h;4*1H;/q;;;;;+4/p-4. The topological polar surface area (TPSA) is 0 Å². The molecule has 0 atom stereocenters.